The van der Waals surface area contributed by atoms with Gasteiger partial charge in [-0.25, -0.2) is 9.97 Å². The quantitative estimate of drug-likeness (QED) is 0.159. The van der Waals surface area contributed by atoms with Crippen molar-refractivity contribution in [3.63, 3.8) is 0 Å². The molecule has 628 valence electrons. The van der Waals surface area contributed by atoms with Crippen LogP contribution in [0.5, 0.6) is 0 Å². The summed E-state index contributed by atoms with van der Waals surface area (Å²) in [5.74, 6) is 1.92. The Hall–Kier alpha value is -18.2. The lowest BCUT2D eigenvalue weighted by atomic mass is 9.70. The molecule has 0 atom stereocenters. The van der Waals surface area contributed by atoms with Crippen molar-refractivity contribution in [3.8, 4) is 107 Å². The van der Waals surface area contributed by atoms with Crippen molar-refractivity contribution in [1.82, 2.24) is 42.4 Å². The highest BCUT2D eigenvalue weighted by Crippen LogP contribution is 2.64. The van der Waals surface area contributed by atoms with Gasteiger partial charge in [0, 0.05) is 98.3 Å². The molecule has 32 rings (SSSR count). The number of rotatable bonds is 7. The van der Waals surface area contributed by atoms with Crippen LogP contribution in [0.25, 0.3) is 260 Å². The van der Waals surface area contributed by atoms with Crippen molar-refractivity contribution in [2.45, 2.75) is 5.41 Å². The lowest BCUT2D eigenvalue weighted by Crippen LogP contribution is -2.26. The molecule has 0 radical (unpaired) electrons. The maximum atomic E-state index is 5.11. The third kappa shape index (κ3) is 10.3. The molecule has 9 heterocycles. The van der Waals surface area contributed by atoms with Gasteiger partial charge in [-0.05, 0) is 185 Å². The van der Waals surface area contributed by atoms with Crippen LogP contribution in [0.2, 0.25) is 0 Å². The zero-order valence-electron chi connectivity index (χ0n) is 73.3. The molecule has 20 aromatic carbocycles. The summed E-state index contributed by atoms with van der Waals surface area (Å²) in [7, 11) is 0. The molecule has 0 saturated carbocycles. The van der Waals surface area contributed by atoms with E-state index in [1.165, 1.54) is 214 Å². The molecule has 0 fully saturated rings. The molecule has 9 nitrogen and oxygen atoms in total. The van der Waals surface area contributed by atoms with E-state index in [9.17, 15) is 0 Å². The van der Waals surface area contributed by atoms with Crippen LogP contribution in [0, 0.1) is 0 Å². The number of para-hydroxylation sites is 4. The monoisotopic (exact) mass is 1730 g/mol. The molecule has 3 aliphatic rings. The standard InChI is InChI=1S/C49H28N2.C41H25N3.C37H22N4/c1-6-18-38-30(12-1)31-13-2-7-19-39(31)49(38)40-20-8-3-14-32(40)33-25-24-29(28-41(33)49)50-44-23-11-17-36-34-15-4-9-21-42(34)51-43-22-10-5-16-35(43)37-26-27-45(50)47(46(36)44)48(37)51;1-2-11-26(12-3-1)33-18-10-19-34(42-33)27-13-8-14-28(25-27)43-37-22-9-17-31-29-15-4-6-20-35(29)44-36-21-7-5-16-30(36)32-23-24-38(43)40(39(31)37)41(32)44;1-3-11-24(12-4-1)35-38-36(25-13-5-2-6-14-25)40-37(39-35)41-30-20-10-19-29-27-17-8-7-16-26(27)28-18-9-15-23-21-22-31(41)34(32(23)28)33(29)30/h1-28H;1-25H;1-22H. The first-order valence-electron chi connectivity index (χ1n) is 46.8. The second-order valence-corrected chi connectivity index (χ2v) is 36.4. The predicted octanol–water partition coefficient (Wildman–Crippen LogP) is 32.0. The van der Waals surface area contributed by atoms with Crippen LogP contribution in [0.15, 0.2) is 455 Å². The van der Waals surface area contributed by atoms with E-state index in [2.05, 4.69) is 411 Å². The van der Waals surface area contributed by atoms with E-state index in [1.54, 1.807) is 0 Å². The zero-order valence-corrected chi connectivity index (χ0v) is 73.3. The van der Waals surface area contributed by atoms with Crippen molar-refractivity contribution >= 4 is 152 Å². The third-order valence-electron chi connectivity index (χ3n) is 29.7. The highest BCUT2D eigenvalue weighted by molar-refractivity contribution is 6.36. The molecule has 0 amide bonds. The fourth-order valence-corrected chi connectivity index (χ4v) is 24.3. The van der Waals surface area contributed by atoms with Crippen LogP contribution in [0.4, 0.5) is 0 Å². The molecule has 136 heavy (non-hydrogen) atoms. The Kier molecular flexibility index (Phi) is 15.6. The van der Waals surface area contributed by atoms with E-state index in [0.29, 0.717) is 17.6 Å². The Morgan fingerprint density at radius 3 is 1.07 bits per heavy atom. The number of nitrogens with zero attached hydrogens (tertiary/aromatic N) is 9. The molecular weight excluding hydrogens is 1650 g/mol. The number of benzene rings is 20. The Morgan fingerprint density at radius 1 is 0.176 bits per heavy atom. The molecule has 0 N–H and O–H groups in total. The summed E-state index contributed by atoms with van der Waals surface area (Å²) in [5.41, 5.74) is 38.4. The average molecular weight is 1730 g/mol. The van der Waals surface area contributed by atoms with Gasteiger partial charge >= 0.3 is 0 Å². The summed E-state index contributed by atoms with van der Waals surface area (Å²) < 4.78 is 12.2. The van der Waals surface area contributed by atoms with Crippen molar-refractivity contribution < 1.29 is 0 Å². The molecule has 0 saturated heterocycles. The Bertz CT molecular complexity index is 10000. The maximum absolute atomic E-state index is 5.11. The van der Waals surface area contributed by atoms with Gasteiger partial charge in [0.25, 0.3) is 0 Å². The first-order chi connectivity index (χ1) is 67.5. The Morgan fingerprint density at radius 2 is 0.537 bits per heavy atom. The SMILES string of the molecule is c1ccc(-c2cccc(-c3cccc(-n4c5cccc6c7ccccc7n7c8ccccc8c8ccc4c(c65)c87)c3)n2)cc1.c1ccc(-c2nc(-c3ccccc3)nc(-n3c4cccc5c4c4c6c(cccc6ccc43)-c3ccccc3-5)n2)cc1.c1ccc2c(c1)-c1ccccc1C21c2ccccc2-c2ccc(-n3c4cccc5c6ccccc6n6c7ccccc7c7ccc3c(c54)c76)cc21. The molecule has 0 unspecified atom stereocenters. The minimum atomic E-state index is -0.386. The van der Waals surface area contributed by atoms with Gasteiger partial charge in [-0.1, -0.05) is 358 Å². The van der Waals surface area contributed by atoms with Gasteiger partial charge in [0.1, 0.15) is 0 Å². The van der Waals surface area contributed by atoms with Crippen molar-refractivity contribution in [3.05, 3.63) is 477 Å². The maximum Gasteiger partial charge on any atom is 0.238 e. The highest BCUT2D eigenvalue weighted by atomic mass is 15.2. The summed E-state index contributed by atoms with van der Waals surface area (Å²) in [6.45, 7) is 0. The molecule has 29 aromatic rings. The first-order valence-corrected chi connectivity index (χ1v) is 46.8. The van der Waals surface area contributed by atoms with E-state index in [0.717, 1.165) is 50.4 Å². The van der Waals surface area contributed by atoms with Crippen molar-refractivity contribution in [2.75, 3.05) is 0 Å². The van der Waals surface area contributed by atoms with Gasteiger partial charge in [0.05, 0.1) is 83.0 Å². The van der Waals surface area contributed by atoms with Crippen LogP contribution < -0.4 is 0 Å². The summed E-state index contributed by atoms with van der Waals surface area (Å²) in [5, 5.41) is 20.5. The third-order valence-corrected chi connectivity index (χ3v) is 29.7. The average Bonchev–Trinajstić information content (AvgIpc) is 1.52. The topological polar surface area (TPSA) is 75.2 Å². The van der Waals surface area contributed by atoms with E-state index in [-0.39, 0.29) is 5.41 Å². The van der Waals surface area contributed by atoms with Crippen LogP contribution in [0.3, 0.4) is 0 Å². The summed E-state index contributed by atoms with van der Waals surface area (Å²) in [6.07, 6.45) is 0. The van der Waals surface area contributed by atoms with Gasteiger partial charge in [-0.15, -0.1) is 0 Å². The van der Waals surface area contributed by atoms with E-state index >= 15 is 0 Å². The van der Waals surface area contributed by atoms with Crippen LogP contribution in [-0.4, -0.2) is 42.4 Å². The molecule has 0 aliphatic heterocycles. The summed E-state index contributed by atoms with van der Waals surface area (Å²) in [6, 6.07) is 165. The molecule has 9 heteroatoms. The lowest BCUT2D eigenvalue weighted by Gasteiger charge is -2.30. The Labute approximate surface area is 779 Å². The van der Waals surface area contributed by atoms with E-state index in [1.807, 2.05) is 66.7 Å². The van der Waals surface area contributed by atoms with Crippen LogP contribution >= 0.6 is 0 Å². The largest absolute Gasteiger partial charge is 0.309 e. The van der Waals surface area contributed by atoms with Crippen LogP contribution in [-0.2, 0) is 5.41 Å². The van der Waals surface area contributed by atoms with Gasteiger partial charge in [-0.3, -0.25) is 4.57 Å². The molecule has 0 bridgehead atoms. The lowest BCUT2D eigenvalue weighted by molar-refractivity contribution is 0.792. The molecule has 3 aliphatic carbocycles. The molecular formula is C127H75N9. The van der Waals surface area contributed by atoms with Gasteiger partial charge in [0.15, 0.2) is 11.6 Å². The summed E-state index contributed by atoms with van der Waals surface area (Å²) >= 11 is 0. The van der Waals surface area contributed by atoms with Crippen LogP contribution in [0.1, 0.15) is 22.3 Å². The van der Waals surface area contributed by atoms with E-state index in [4.69, 9.17) is 19.9 Å². The normalized spacial score (nSPS) is 12.8. The number of hydrogen-bond donors (Lipinski definition) is 0. The van der Waals surface area contributed by atoms with Gasteiger partial charge in [-0.2, -0.15) is 9.97 Å². The second-order valence-electron chi connectivity index (χ2n) is 36.4. The minimum absolute atomic E-state index is 0.386. The fraction of sp³-hybridized carbons (Fsp3) is 0.00787. The number of fused-ring (bicyclic) bond motifs is 25. The zero-order chi connectivity index (χ0) is 88.7. The van der Waals surface area contributed by atoms with Gasteiger partial charge < -0.3 is 17.9 Å². The molecule has 9 aromatic heterocycles. The van der Waals surface area contributed by atoms with Gasteiger partial charge in [0.2, 0.25) is 5.95 Å². The highest BCUT2D eigenvalue weighted by Gasteiger charge is 2.52. The number of pyridine rings is 1. The fourth-order valence-electron chi connectivity index (χ4n) is 24.3. The smallest absolute Gasteiger partial charge is 0.238 e. The molecule has 1 spiro atoms. The first kappa shape index (κ1) is 74.6. The predicted molar refractivity (Wildman–Crippen MR) is 563 cm³/mol. The number of aromatic nitrogens is 9. The van der Waals surface area contributed by atoms with Crippen molar-refractivity contribution in [1.29, 1.82) is 0 Å². The second kappa shape index (κ2) is 28.4. The van der Waals surface area contributed by atoms with Crippen molar-refractivity contribution in [2.24, 2.45) is 0 Å². The minimum Gasteiger partial charge on any atom is -0.309 e. The summed E-state index contributed by atoms with van der Waals surface area (Å²) in [4.78, 5) is 20.2. The van der Waals surface area contributed by atoms with E-state index < -0.39 is 0 Å². The Balaban J connectivity index is 0.0000000976. The number of hydrogen-bond acceptors (Lipinski definition) is 4.